The predicted octanol–water partition coefficient (Wildman–Crippen LogP) is 2.03. The van der Waals surface area contributed by atoms with Gasteiger partial charge in [0.15, 0.2) is 4.93 Å². The molecule has 1 spiro atoms. The van der Waals surface area contributed by atoms with Crippen LogP contribution >= 0.6 is 0 Å². The number of benzene rings is 1. The van der Waals surface area contributed by atoms with E-state index < -0.39 is 20.2 Å². The molecule has 3 fully saturated rings. The summed E-state index contributed by atoms with van der Waals surface area (Å²) in [6, 6.07) is 7.11. The Hall–Kier alpha value is -0.910. The van der Waals surface area contributed by atoms with Gasteiger partial charge in [0, 0.05) is 12.0 Å². The maximum Gasteiger partial charge on any atom is 0.208 e. The highest BCUT2D eigenvalue weighted by atomic mass is 32.2. The molecule has 1 N–H and O–H groups in total. The van der Waals surface area contributed by atoms with E-state index in [-0.39, 0.29) is 11.6 Å². The molecule has 3 atom stereocenters. The molecule has 2 bridgehead atoms. The van der Waals surface area contributed by atoms with Crippen molar-refractivity contribution in [1.29, 1.82) is 0 Å². The van der Waals surface area contributed by atoms with Crippen molar-refractivity contribution in [3.8, 4) is 0 Å². The summed E-state index contributed by atoms with van der Waals surface area (Å²) in [5.41, 5.74) is 0.484. The lowest BCUT2D eigenvalue weighted by Crippen LogP contribution is -2.55. The van der Waals surface area contributed by atoms with Crippen LogP contribution < -0.4 is 5.32 Å². The Morgan fingerprint density at radius 1 is 1.24 bits per heavy atom. The summed E-state index contributed by atoms with van der Waals surface area (Å²) in [5.74, 6) is 0. The summed E-state index contributed by atoms with van der Waals surface area (Å²) in [6.07, 6.45) is 1.43. The monoisotopic (exact) mass is 307 g/mol. The van der Waals surface area contributed by atoms with Crippen LogP contribution in [0.15, 0.2) is 29.2 Å². The Bertz CT molecular complexity index is 704. The van der Waals surface area contributed by atoms with Crippen LogP contribution in [-0.4, -0.2) is 31.5 Å². The van der Waals surface area contributed by atoms with Crippen molar-refractivity contribution in [2.24, 2.45) is 5.41 Å². The van der Waals surface area contributed by atoms with E-state index in [4.69, 9.17) is 4.74 Å². The third-order valence-corrected chi connectivity index (χ3v) is 8.58. The zero-order valence-corrected chi connectivity index (χ0v) is 13.5. The van der Waals surface area contributed by atoms with E-state index in [0.717, 1.165) is 18.5 Å². The number of ether oxygens (including phenoxy) is 1. The second-order valence-corrected chi connectivity index (χ2v) is 9.30. The van der Waals surface area contributed by atoms with Gasteiger partial charge < -0.3 is 10.1 Å². The topological polar surface area (TPSA) is 65.3 Å². The SMILES string of the molecule is Cc1ccc(S(=O)(=O)C23CCC(O2)C2(CN2)C3(C)C)cc1. The zero-order valence-electron chi connectivity index (χ0n) is 12.6. The lowest BCUT2D eigenvalue weighted by molar-refractivity contribution is 0.0342. The first-order chi connectivity index (χ1) is 9.77. The minimum Gasteiger partial charge on any atom is -0.353 e. The van der Waals surface area contributed by atoms with Gasteiger partial charge in [-0.05, 0) is 31.9 Å². The molecule has 114 valence electrons. The van der Waals surface area contributed by atoms with Gasteiger partial charge in [0.1, 0.15) is 0 Å². The lowest BCUT2D eigenvalue weighted by atomic mass is 9.67. The number of rotatable bonds is 2. The molecule has 3 saturated heterocycles. The molecule has 0 radical (unpaired) electrons. The minimum absolute atomic E-state index is 0.0210. The van der Waals surface area contributed by atoms with Crippen molar-refractivity contribution >= 4 is 9.84 Å². The fourth-order valence-electron chi connectivity index (χ4n) is 4.42. The van der Waals surface area contributed by atoms with Gasteiger partial charge >= 0.3 is 0 Å². The predicted molar refractivity (Wildman–Crippen MR) is 79.7 cm³/mol. The first kappa shape index (κ1) is 13.7. The average molecular weight is 307 g/mol. The lowest BCUT2D eigenvalue weighted by Gasteiger charge is -2.42. The molecule has 4 nitrogen and oxygen atoms in total. The molecule has 5 heteroatoms. The van der Waals surface area contributed by atoms with Crippen molar-refractivity contribution < 1.29 is 13.2 Å². The molecule has 3 aliphatic rings. The van der Waals surface area contributed by atoms with Gasteiger partial charge in [-0.1, -0.05) is 31.5 Å². The molecule has 0 amide bonds. The van der Waals surface area contributed by atoms with E-state index in [0.29, 0.717) is 11.3 Å². The summed E-state index contributed by atoms with van der Waals surface area (Å²) < 4.78 is 32.8. The number of hydrogen-bond acceptors (Lipinski definition) is 4. The molecule has 0 saturated carbocycles. The summed E-state index contributed by atoms with van der Waals surface area (Å²) in [7, 11) is -3.53. The third-order valence-electron chi connectivity index (χ3n) is 6.01. The van der Waals surface area contributed by atoms with Gasteiger partial charge in [0.2, 0.25) is 9.84 Å². The Morgan fingerprint density at radius 3 is 2.38 bits per heavy atom. The van der Waals surface area contributed by atoms with Gasteiger partial charge in [0.25, 0.3) is 0 Å². The first-order valence-electron chi connectivity index (χ1n) is 7.51. The second-order valence-electron chi connectivity index (χ2n) is 7.16. The summed E-state index contributed by atoms with van der Waals surface area (Å²) >= 11 is 0. The van der Waals surface area contributed by atoms with Crippen LogP contribution in [0, 0.1) is 12.3 Å². The number of sulfone groups is 1. The largest absolute Gasteiger partial charge is 0.353 e. The second kappa shape index (κ2) is 3.70. The van der Waals surface area contributed by atoms with Crippen LogP contribution in [0.1, 0.15) is 32.3 Å². The Morgan fingerprint density at radius 2 is 1.86 bits per heavy atom. The average Bonchev–Trinajstić information content (AvgIpc) is 3.06. The van der Waals surface area contributed by atoms with Gasteiger partial charge in [0.05, 0.1) is 16.5 Å². The van der Waals surface area contributed by atoms with E-state index in [9.17, 15) is 8.42 Å². The smallest absolute Gasteiger partial charge is 0.208 e. The fraction of sp³-hybridized carbons (Fsp3) is 0.625. The molecule has 0 aliphatic carbocycles. The van der Waals surface area contributed by atoms with E-state index in [1.807, 2.05) is 32.9 Å². The van der Waals surface area contributed by atoms with E-state index in [1.165, 1.54) is 0 Å². The fourth-order valence-corrected chi connectivity index (χ4v) is 6.78. The quantitative estimate of drug-likeness (QED) is 0.849. The van der Waals surface area contributed by atoms with Crippen molar-refractivity contribution in [3.63, 3.8) is 0 Å². The Balaban J connectivity index is 1.87. The van der Waals surface area contributed by atoms with Crippen molar-refractivity contribution in [2.75, 3.05) is 6.54 Å². The maximum absolute atomic E-state index is 13.3. The van der Waals surface area contributed by atoms with E-state index in [1.54, 1.807) is 12.1 Å². The number of hydrogen-bond donors (Lipinski definition) is 1. The van der Waals surface area contributed by atoms with Crippen molar-refractivity contribution in [3.05, 3.63) is 29.8 Å². The standard InChI is InChI=1S/C16H21NO3S/c1-11-4-6-12(7-5-11)21(18,19)16-9-8-13(20-16)15(10-17-15)14(16,2)3/h4-7,13,17H,8-10H2,1-3H3. The van der Waals surface area contributed by atoms with Gasteiger partial charge in [-0.3, -0.25) is 0 Å². The summed E-state index contributed by atoms with van der Waals surface area (Å²) in [6.45, 7) is 6.89. The van der Waals surface area contributed by atoms with Crippen LogP contribution in [0.2, 0.25) is 0 Å². The number of nitrogens with one attached hydrogen (secondary N) is 1. The van der Waals surface area contributed by atoms with Crippen LogP contribution in [-0.2, 0) is 14.6 Å². The Kier molecular flexibility index (Phi) is 2.42. The minimum atomic E-state index is -3.53. The molecule has 3 unspecified atom stereocenters. The van der Waals surface area contributed by atoms with Crippen LogP contribution in [0.4, 0.5) is 0 Å². The first-order valence-corrected chi connectivity index (χ1v) is 8.99. The highest BCUT2D eigenvalue weighted by Gasteiger charge is 2.80. The molecule has 1 aromatic rings. The molecule has 1 aromatic carbocycles. The van der Waals surface area contributed by atoms with Gasteiger partial charge in [-0.25, -0.2) is 8.42 Å². The molecule has 21 heavy (non-hydrogen) atoms. The summed E-state index contributed by atoms with van der Waals surface area (Å²) in [4.78, 5) is -0.719. The molecule has 3 aliphatic heterocycles. The molecular weight excluding hydrogens is 286 g/mol. The highest BCUT2D eigenvalue weighted by molar-refractivity contribution is 7.92. The van der Waals surface area contributed by atoms with Gasteiger partial charge in [-0.2, -0.15) is 0 Å². The molecule has 4 rings (SSSR count). The molecular formula is C16H21NO3S. The van der Waals surface area contributed by atoms with Crippen molar-refractivity contribution in [2.45, 2.75) is 55.1 Å². The Labute approximate surface area is 125 Å². The number of fused-ring (bicyclic) bond motifs is 3. The maximum atomic E-state index is 13.3. The highest BCUT2D eigenvalue weighted by Crippen LogP contribution is 2.66. The van der Waals surface area contributed by atoms with Crippen molar-refractivity contribution in [1.82, 2.24) is 5.32 Å². The zero-order chi connectivity index (χ0) is 15.1. The molecule has 0 aromatic heterocycles. The molecule has 3 heterocycles. The van der Waals surface area contributed by atoms with Crippen LogP contribution in [0.5, 0.6) is 0 Å². The van der Waals surface area contributed by atoms with Crippen LogP contribution in [0.3, 0.4) is 0 Å². The van der Waals surface area contributed by atoms with E-state index in [2.05, 4.69) is 5.32 Å². The van der Waals surface area contributed by atoms with Crippen LogP contribution in [0.25, 0.3) is 0 Å². The third kappa shape index (κ3) is 1.36. The number of aryl methyl sites for hydroxylation is 1. The normalized spacial score (nSPS) is 39.9. The van der Waals surface area contributed by atoms with E-state index >= 15 is 0 Å². The van der Waals surface area contributed by atoms with Gasteiger partial charge in [-0.15, -0.1) is 0 Å². The summed E-state index contributed by atoms with van der Waals surface area (Å²) in [5, 5.41) is 3.40.